The first kappa shape index (κ1) is 19.0. The number of halogens is 8. The molecular weight excluding hydrogens is 329 g/mol. The minimum Gasteiger partial charge on any atom is -0.377 e. The lowest BCUT2D eigenvalue weighted by Crippen LogP contribution is -2.32. The number of rotatable bonds is 10. The van der Waals surface area contributed by atoms with Gasteiger partial charge in [0.05, 0.1) is 26.4 Å². The van der Waals surface area contributed by atoms with Crippen LogP contribution >= 0.6 is 23.2 Å². The molecule has 0 rings (SSSR count). The zero-order chi connectivity index (χ0) is 15.1. The van der Waals surface area contributed by atoms with E-state index in [1.165, 1.54) is 0 Å². The van der Waals surface area contributed by atoms with Crippen LogP contribution in [0.2, 0.25) is 0 Å². The predicted octanol–water partition coefficient (Wildman–Crippen LogP) is 3.29. The van der Waals surface area contributed by atoms with Gasteiger partial charge in [-0.15, -0.1) is 0 Å². The Morgan fingerprint density at radius 1 is 0.737 bits per heavy atom. The van der Waals surface area contributed by atoms with E-state index in [1.807, 2.05) is 0 Å². The van der Waals surface area contributed by atoms with E-state index in [-0.39, 0.29) is 0 Å². The first-order valence-electron chi connectivity index (χ1n) is 4.77. The zero-order valence-electron chi connectivity index (χ0n) is 9.23. The fourth-order valence-corrected chi connectivity index (χ4v) is 0.827. The van der Waals surface area contributed by atoms with Crippen molar-refractivity contribution in [1.82, 2.24) is 0 Å². The average Bonchev–Trinajstić information content (AvgIpc) is 2.27. The molecule has 0 radical (unpaired) electrons. The predicted molar refractivity (Wildman–Crippen MR) is 54.1 cm³/mol. The van der Waals surface area contributed by atoms with Crippen LogP contribution in [0.15, 0.2) is 0 Å². The van der Waals surface area contributed by atoms with Crippen LogP contribution in [0.3, 0.4) is 0 Å². The third kappa shape index (κ3) is 8.03. The van der Waals surface area contributed by atoms with Crippen LogP contribution in [0, 0.1) is 0 Å². The average molecular weight is 339 g/mol. The van der Waals surface area contributed by atoms with Crippen LogP contribution < -0.4 is 0 Å². The third-order valence-corrected chi connectivity index (χ3v) is 2.06. The molecule has 0 aromatic heterocycles. The lowest BCUT2D eigenvalue weighted by Gasteiger charge is -2.17. The molecule has 11 heteroatoms. The summed E-state index contributed by atoms with van der Waals surface area (Å²) < 4.78 is 85.7. The maximum absolute atomic E-state index is 12.4. The summed E-state index contributed by atoms with van der Waals surface area (Å²) in [5, 5.41) is 0. The van der Waals surface area contributed by atoms with Crippen molar-refractivity contribution in [2.24, 2.45) is 0 Å². The summed E-state index contributed by atoms with van der Waals surface area (Å²) >= 11 is 8.96. The highest BCUT2D eigenvalue weighted by atomic mass is 35.5. The largest absolute Gasteiger partial charge is 0.401 e. The Morgan fingerprint density at radius 3 is 1.32 bits per heavy atom. The van der Waals surface area contributed by atoms with Gasteiger partial charge in [0.2, 0.25) is 0 Å². The Bertz CT molecular complexity index is 231. The molecule has 0 aliphatic rings. The third-order valence-electron chi connectivity index (χ3n) is 1.55. The molecule has 0 bridgehead atoms. The van der Waals surface area contributed by atoms with Gasteiger partial charge < -0.3 is 14.2 Å². The minimum absolute atomic E-state index is 0.450. The number of alkyl halides is 8. The standard InChI is InChI=1S/C8H10Cl2F6O3/c9-5(11)7(13,14)18-3-1-17-2-4-19-8(15,16)6(10)12/h5-6H,1-4H2/t5-,6+. The van der Waals surface area contributed by atoms with Crippen LogP contribution in [0.5, 0.6) is 0 Å². The molecule has 0 heterocycles. The highest BCUT2D eigenvalue weighted by Gasteiger charge is 2.41. The second-order valence-electron chi connectivity index (χ2n) is 3.03. The first-order chi connectivity index (χ1) is 8.59. The topological polar surface area (TPSA) is 27.7 Å². The molecule has 0 aromatic rings. The summed E-state index contributed by atoms with van der Waals surface area (Å²) in [6.07, 6.45) is -8.34. The van der Waals surface area contributed by atoms with Crippen molar-refractivity contribution >= 4 is 23.2 Å². The summed E-state index contributed by atoms with van der Waals surface area (Å²) in [5.74, 6) is 0. The smallest absolute Gasteiger partial charge is 0.377 e. The summed E-state index contributed by atoms with van der Waals surface area (Å²) in [4.78, 5) is 0. The molecule has 0 aliphatic heterocycles. The van der Waals surface area contributed by atoms with Crippen molar-refractivity contribution in [2.45, 2.75) is 23.5 Å². The van der Waals surface area contributed by atoms with Gasteiger partial charge in [-0.1, -0.05) is 23.2 Å². The zero-order valence-corrected chi connectivity index (χ0v) is 10.7. The van der Waals surface area contributed by atoms with Crippen molar-refractivity contribution in [2.75, 3.05) is 26.4 Å². The molecular formula is C8H10Cl2F6O3. The second kappa shape index (κ2) is 8.35. The highest BCUT2D eigenvalue weighted by molar-refractivity contribution is 6.20. The molecule has 0 spiro atoms. The molecule has 3 nitrogen and oxygen atoms in total. The molecule has 0 N–H and O–H groups in total. The van der Waals surface area contributed by atoms with Gasteiger partial charge in [-0.05, 0) is 0 Å². The van der Waals surface area contributed by atoms with Gasteiger partial charge in [0.15, 0.2) is 0 Å². The van der Waals surface area contributed by atoms with Gasteiger partial charge in [-0.2, -0.15) is 17.6 Å². The molecule has 116 valence electrons. The number of ether oxygens (including phenoxy) is 3. The molecule has 0 saturated heterocycles. The van der Waals surface area contributed by atoms with E-state index in [4.69, 9.17) is 0 Å². The summed E-state index contributed by atoms with van der Waals surface area (Å²) in [6.45, 7) is -2.35. The number of hydrogen-bond donors (Lipinski definition) is 0. The first-order valence-corrected chi connectivity index (χ1v) is 5.64. The van der Waals surface area contributed by atoms with Crippen LogP contribution in [-0.2, 0) is 14.2 Å². The van der Waals surface area contributed by atoms with Crippen LogP contribution in [-0.4, -0.2) is 49.9 Å². The molecule has 0 aliphatic carbocycles. The Hall–Kier alpha value is 0.0400. The van der Waals surface area contributed by atoms with Gasteiger partial charge in [-0.3, -0.25) is 0 Å². The maximum Gasteiger partial charge on any atom is 0.401 e. The Balaban J connectivity index is 3.57. The highest BCUT2D eigenvalue weighted by Crippen LogP contribution is 2.26. The Kier molecular flexibility index (Phi) is 8.37. The van der Waals surface area contributed by atoms with Gasteiger partial charge in [0.1, 0.15) is 0 Å². The normalized spacial score (nSPS) is 16.4. The molecule has 0 unspecified atom stereocenters. The molecule has 19 heavy (non-hydrogen) atoms. The number of hydrogen-bond acceptors (Lipinski definition) is 3. The SMILES string of the molecule is F[C@H](Cl)C(F)(F)OCCOCCOC(F)(F)[C@@H](F)Cl. The molecule has 2 atom stereocenters. The van der Waals surface area contributed by atoms with E-state index in [1.54, 1.807) is 0 Å². The van der Waals surface area contributed by atoms with Crippen LogP contribution in [0.4, 0.5) is 26.3 Å². The van der Waals surface area contributed by atoms with Gasteiger partial charge >= 0.3 is 12.2 Å². The van der Waals surface area contributed by atoms with Gasteiger partial charge in [0.25, 0.3) is 11.3 Å². The fourth-order valence-electron chi connectivity index (χ4n) is 0.701. The summed E-state index contributed by atoms with van der Waals surface area (Å²) in [7, 11) is 0. The summed E-state index contributed by atoms with van der Waals surface area (Å²) in [6, 6.07) is 0. The Morgan fingerprint density at radius 2 is 1.05 bits per heavy atom. The van der Waals surface area contributed by atoms with Crippen LogP contribution in [0.25, 0.3) is 0 Å². The fraction of sp³-hybridized carbons (Fsp3) is 1.00. The van der Waals surface area contributed by atoms with E-state index >= 15 is 0 Å². The molecule has 0 amide bonds. The Labute approximate surface area is 114 Å². The van der Waals surface area contributed by atoms with Crippen molar-refractivity contribution in [3.8, 4) is 0 Å². The van der Waals surface area contributed by atoms with E-state index in [9.17, 15) is 26.3 Å². The quantitative estimate of drug-likeness (QED) is 0.347. The summed E-state index contributed by atoms with van der Waals surface area (Å²) in [5.41, 5.74) is -6.03. The molecule has 0 saturated carbocycles. The van der Waals surface area contributed by atoms with Gasteiger partial charge in [-0.25, -0.2) is 8.78 Å². The van der Waals surface area contributed by atoms with Crippen LogP contribution in [0.1, 0.15) is 0 Å². The molecule has 0 fully saturated rings. The lowest BCUT2D eigenvalue weighted by atomic mass is 10.6. The van der Waals surface area contributed by atoms with E-state index in [0.717, 1.165) is 0 Å². The van der Waals surface area contributed by atoms with Crippen molar-refractivity contribution in [3.63, 3.8) is 0 Å². The van der Waals surface area contributed by atoms with Crippen molar-refractivity contribution in [1.29, 1.82) is 0 Å². The van der Waals surface area contributed by atoms with Crippen molar-refractivity contribution < 1.29 is 40.6 Å². The van der Waals surface area contributed by atoms with E-state index in [2.05, 4.69) is 37.4 Å². The molecule has 0 aromatic carbocycles. The van der Waals surface area contributed by atoms with E-state index in [0.29, 0.717) is 0 Å². The van der Waals surface area contributed by atoms with E-state index < -0.39 is 49.9 Å². The van der Waals surface area contributed by atoms with Gasteiger partial charge in [0, 0.05) is 0 Å². The second-order valence-corrected chi connectivity index (χ2v) is 3.80. The minimum atomic E-state index is -4.17. The monoisotopic (exact) mass is 338 g/mol. The van der Waals surface area contributed by atoms with Crippen molar-refractivity contribution in [3.05, 3.63) is 0 Å². The maximum atomic E-state index is 12.4. The lowest BCUT2D eigenvalue weighted by molar-refractivity contribution is -0.267.